The van der Waals surface area contributed by atoms with Gasteiger partial charge in [0, 0.05) is 23.7 Å². The lowest BCUT2D eigenvalue weighted by Gasteiger charge is -2.36. The molecule has 1 aliphatic rings. The summed E-state index contributed by atoms with van der Waals surface area (Å²) in [6, 6.07) is 1.80. The molecule has 1 aromatic heterocycles. The lowest BCUT2D eigenvalue weighted by Crippen LogP contribution is -2.46. The number of nitrogens with zero attached hydrogens (tertiary/aromatic N) is 1. The summed E-state index contributed by atoms with van der Waals surface area (Å²) in [6.07, 6.45) is 9.66. The fourth-order valence-corrected chi connectivity index (χ4v) is 2.97. The van der Waals surface area contributed by atoms with Crippen LogP contribution in [0.25, 0.3) is 0 Å². The fourth-order valence-electron chi connectivity index (χ4n) is 2.97. The van der Waals surface area contributed by atoms with Gasteiger partial charge < -0.3 is 10.1 Å². The number of nitrogens with one attached hydrogen (secondary N) is 1. The van der Waals surface area contributed by atoms with Crippen LogP contribution in [0.15, 0.2) is 18.5 Å². The van der Waals surface area contributed by atoms with Crippen molar-refractivity contribution in [3.8, 4) is 5.75 Å². The van der Waals surface area contributed by atoms with Crippen molar-refractivity contribution in [2.75, 3.05) is 13.7 Å². The van der Waals surface area contributed by atoms with E-state index >= 15 is 0 Å². The normalized spacial score (nSPS) is 17.7. The zero-order valence-corrected chi connectivity index (χ0v) is 12.4. The number of aromatic nitrogens is 1. The molecular formula is C16H24N2O2. The smallest absolute Gasteiger partial charge is 0.166 e. The molecule has 0 atom stereocenters. The summed E-state index contributed by atoms with van der Waals surface area (Å²) in [4.78, 5) is 16.6. The van der Waals surface area contributed by atoms with Crippen molar-refractivity contribution in [1.29, 1.82) is 0 Å². The van der Waals surface area contributed by atoms with Crippen molar-refractivity contribution in [2.45, 2.75) is 51.0 Å². The van der Waals surface area contributed by atoms with Crippen molar-refractivity contribution in [2.24, 2.45) is 0 Å². The molecule has 4 nitrogen and oxygen atoms in total. The first kappa shape index (κ1) is 15.0. The second-order valence-electron chi connectivity index (χ2n) is 5.53. The minimum absolute atomic E-state index is 0.0308. The van der Waals surface area contributed by atoms with E-state index in [1.54, 1.807) is 18.5 Å². The van der Waals surface area contributed by atoms with E-state index in [9.17, 15) is 4.79 Å². The Morgan fingerprint density at radius 1 is 1.35 bits per heavy atom. The molecule has 1 aliphatic carbocycles. The van der Waals surface area contributed by atoms with Crippen LogP contribution >= 0.6 is 0 Å². The van der Waals surface area contributed by atoms with Crippen LogP contribution in [0.3, 0.4) is 0 Å². The van der Waals surface area contributed by atoms with E-state index in [1.807, 2.05) is 14.0 Å². The number of ketones is 1. The molecular weight excluding hydrogens is 252 g/mol. The first-order valence-corrected chi connectivity index (χ1v) is 7.49. The first-order chi connectivity index (χ1) is 9.69. The second-order valence-corrected chi connectivity index (χ2v) is 5.53. The number of rotatable bonds is 6. The summed E-state index contributed by atoms with van der Waals surface area (Å²) in [7, 11) is 1.97. The van der Waals surface area contributed by atoms with Gasteiger partial charge in [-0.15, -0.1) is 0 Å². The van der Waals surface area contributed by atoms with Gasteiger partial charge in [0.1, 0.15) is 5.75 Å². The van der Waals surface area contributed by atoms with Crippen LogP contribution in [-0.4, -0.2) is 30.0 Å². The highest BCUT2D eigenvalue weighted by Gasteiger charge is 2.32. The summed E-state index contributed by atoms with van der Waals surface area (Å²) in [6.45, 7) is 2.51. The van der Waals surface area contributed by atoms with Crippen molar-refractivity contribution in [1.82, 2.24) is 10.3 Å². The monoisotopic (exact) mass is 276 g/mol. The van der Waals surface area contributed by atoms with Gasteiger partial charge in [-0.3, -0.25) is 9.78 Å². The Balaban J connectivity index is 2.08. The molecule has 0 saturated heterocycles. The van der Waals surface area contributed by atoms with Gasteiger partial charge in [0.15, 0.2) is 5.78 Å². The van der Waals surface area contributed by atoms with E-state index < -0.39 is 0 Å². The SMILES string of the molecule is CCOc1cncc(C(=O)CC2(NC)CCCCC2)c1. The van der Waals surface area contributed by atoms with Crippen LogP contribution in [0.2, 0.25) is 0 Å². The molecule has 1 N–H and O–H groups in total. The number of ether oxygens (including phenoxy) is 1. The maximum Gasteiger partial charge on any atom is 0.166 e. The van der Waals surface area contributed by atoms with Crippen LogP contribution in [0.5, 0.6) is 5.75 Å². The third kappa shape index (κ3) is 3.57. The third-order valence-corrected chi connectivity index (χ3v) is 4.19. The number of hydrogen-bond donors (Lipinski definition) is 1. The summed E-state index contributed by atoms with van der Waals surface area (Å²) < 4.78 is 5.41. The molecule has 1 heterocycles. The predicted octanol–water partition coefficient (Wildman–Crippen LogP) is 2.98. The van der Waals surface area contributed by atoms with Gasteiger partial charge in [0.2, 0.25) is 0 Å². The Morgan fingerprint density at radius 3 is 2.75 bits per heavy atom. The number of carbonyl (C=O) groups is 1. The highest BCUT2D eigenvalue weighted by atomic mass is 16.5. The topological polar surface area (TPSA) is 51.2 Å². The predicted molar refractivity (Wildman–Crippen MR) is 79.2 cm³/mol. The van der Waals surface area contributed by atoms with Crippen LogP contribution in [-0.2, 0) is 0 Å². The molecule has 1 saturated carbocycles. The number of pyridine rings is 1. The van der Waals surface area contributed by atoms with Crippen molar-refractivity contribution >= 4 is 5.78 Å². The fraction of sp³-hybridized carbons (Fsp3) is 0.625. The maximum atomic E-state index is 12.5. The quantitative estimate of drug-likeness (QED) is 0.812. The average Bonchev–Trinajstić information content (AvgIpc) is 2.49. The average molecular weight is 276 g/mol. The Bertz CT molecular complexity index is 454. The second kappa shape index (κ2) is 6.84. The van der Waals surface area contributed by atoms with E-state index in [-0.39, 0.29) is 11.3 Å². The highest BCUT2D eigenvalue weighted by molar-refractivity contribution is 5.96. The Morgan fingerprint density at radius 2 is 2.10 bits per heavy atom. The molecule has 0 radical (unpaired) electrons. The lowest BCUT2D eigenvalue weighted by molar-refractivity contribution is 0.0914. The van der Waals surface area contributed by atoms with Crippen LogP contribution in [0.1, 0.15) is 55.8 Å². The van der Waals surface area contributed by atoms with Crippen molar-refractivity contribution < 1.29 is 9.53 Å². The van der Waals surface area contributed by atoms with E-state index in [1.165, 1.54) is 19.3 Å². The molecule has 0 unspecified atom stereocenters. The zero-order chi connectivity index (χ0) is 14.4. The van der Waals surface area contributed by atoms with Gasteiger partial charge in [0.05, 0.1) is 12.8 Å². The minimum Gasteiger partial charge on any atom is -0.492 e. The van der Waals surface area contributed by atoms with Crippen molar-refractivity contribution in [3.05, 3.63) is 24.0 Å². The van der Waals surface area contributed by atoms with Gasteiger partial charge in [0.25, 0.3) is 0 Å². The molecule has 110 valence electrons. The minimum atomic E-state index is -0.0308. The molecule has 0 amide bonds. The van der Waals surface area contributed by atoms with Crippen LogP contribution < -0.4 is 10.1 Å². The number of carbonyl (C=O) groups excluding carboxylic acids is 1. The third-order valence-electron chi connectivity index (χ3n) is 4.19. The van der Waals surface area contributed by atoms with Gasteiger partial charge in [-0.1, -0.05) is 19.3 Å². The van der Waals surface area contributed by atoms with Crippen molar-refractivity contribution in [3.63, 3.8) is 0 Å². The molecule has 20 heavy (non-hydrogen) atoms. The van der Waals surface area contributed by atoms with Crippen LogP contribution in [0, 0.1) is 0 Å². The largest absolute Gasteiger partial charge is 0.492 e. The standard InChI is InChI=1S/C16H24N2O2/c1-3-20-14-9-13(11-18-12-14)15(19)10-16(17-2)7-5-4-6-8-16/h9,11-12,17H,3-8,10H2,1-2H3. The van der Waals surface area contributed by atoms with Gasteiger partial charge >= 0.3 is 0 Å². The molecule has 1 fully saturated rings. The summed E-state index contributed by atoms with van der Waals surface area (Å²) in [5, 5.41) is 3.39. The number of hydrogen-bond acceptors (Lipinski definition) is 4. The lowest BCUT2D eigenvalue weighted by atomic mass is 9.77. The number of Topliss-reactive ketones (excluding diaryl/α,β-unsaturated/α-hetero) is 1. The van der Waals surface area contributed by atoms with Gasteiger partial charge in [-0.2, -0.15) is 0 Å². The summed E-state index contributed by atoms with van der Waals surface area (Å²) in [5.41, 5.74) is 0.618. The van der Waals surface area contributed by atoms with E-state index in [2.05, 4.69) is 10.3 Å². The van der Waals surface area contributed by atoms with E-state index in [0.717, 1.165) is 12.8 Å². The molecule has 1 aromatic rings. The van der Waals surface area contributed by atoms with Gasteiger partial charge in [-0.25, -0.2) is 0 Å². The molecule has 0 spiro atoms. The van der Waals surface area contributed by atoms with E-state index in [4.69, 9.17) is 4.74 Å². The Labute approximate surface area is 120 Å². The molecule has 0 bridgehead atoms. The highest BCUT2D eigenvalue weighted by Crippen LogP contribution is 2.32. The van der Waals surface area contributed by atoms with Gasteiger partial charge in [-0.05, 0) is 32.9 Å². The Hall–Kier alpha value is -1.42. The molecule has 0 aliphatic heterocycles. The Kier molecular flexibility index (Phi) is 5.12. The molecule has 4 heteroatoms. The summed E-state index contributed by atoms with van der Waals surface area (Å²) in [5.74, 6) is 0.816. The zero-order valence-electron chi connectivity index (χ0n) is 12.4. The first-order valence-electron chi connectivity index (χ1n) is 7.49. The molecule has 0 aromatic carbocycles. The summed E-state index contributed by atoms with van der Waals surface area (Å²) >= 11 is 0. The molecule has 2 rings (SSSR count). The van der Waals surface area contributed by atoms with Crippen LogP contribution in [0.4, 0.5) is 0 Å². The van der Waals surface area contributed by atoms with E-state index in [0.29, 0.717) is 24.3 Å². The maximum absolute atomic E-state index is 12.5.